The highest BCUT2D eigenvalue weighted by Gasteiger charge is 2.19. The van der Waals surface area contributed by atoms with E-state index >= 15 is 0 Å². The smallest absolute Gasteiger partial charge is 0.271 e. The van der Waals surface area contributed by atoms with Gasteiger partial charge in [-0.2, -0.15) is 0 Å². The van der Waals surface area contributed by atoms with Gasteiger partial charge in [0.2, 0.25) is 0 Å². The molecule has 0 radical (unpaired) electrons. The first-order chi connectivity index (χ1) is 7.68. The summed E-state index contributed by atoms with van der Waals surface area (Å²) in [5.41, 5.74) is 0.582. The van der Waals surface area contributed by atoms with Gasteiger partial charge in [0.15, 0.2) is 0 Å². The lowest BCUT2D eigenvalue weighted by Gasteiger charge is -2.20. The van der Waals surface area contributed by atoms with E-state index in [0.29, 0.717) is 11.6 Å². The Balaban J connectivity index is 2.09. The van der Waals surface area contributed by atoms with E-state index in [1.807, 2.05) is 0 Å². The van der Waals surface area contributed by atoms with Gasteiger partial charge in [-0.1, -0.05) is 0 Å². The lowest BCUT2D eigenvalue weighted by molar-refractivity contribution is 0.0822. The van der Waals surface area contributed by atoms with Gasteiger partial charge in [-0.3, -0.25) is 4.79 Å². The predicted octanol–water partition coefficient (Wildman–Crippen LogP) is 0.578. The van der Waals surface area contributed by atoms with Gasteiger partial charge in [0.05, 0.1) is 6.20 Å². The molecule has 1 aromatic heterocycles. The maximum atomic E-state index is 11.7. The third kappa shape index (κ3) is 2.24. The summed E-state index contributed by atoms with van der Waals surface area (Å²) >= 11 is 0. The predicted molar refractivity (Wildman–Crippen MR) is 61.4 cm³/mol. The van der Waals surface area contributed by atoms with Gasteiger partial charge in [-0.25, -0.2) is 4.98 Å². The number of carbonyl (C=O) groups is 1. The molecule has 5 nitrogen and oxygen atoms in total. The molecule has 1 amide bonds. The molecule has 0 spiro atoms. The number of aromatic amines is 1. The zero-order valence-electron chi connectivity index (χ0n) is 9.79. The Morgan fingerprint density at radius 3 is 2.75 bits per heavy atom. The van der Waals surface area contributed by atoms with Crippen LogP contribution in [0.4, 0.5) is 0 Å². The van der Waals surface area contributed by atoms with Crippen LogP contribution in [0.25, 0.3) is 0 Å². The van der Waals surface area contributed by atoms with Crippen molar-refractivity contribution in [3.8, 4) is 0 Å². The first-order valence-corrected chi connectivity index (χ1v) is 5.65. The summed E-state index contributed by atoms with van der Waals surface area (Å²) in [6.07, 6.45) is 3.81. The molecule has 0 bridgehead atoms. The van der Waals surface area contributed by atoms with Crippen LogP contribution in [0.1, 0.15) is 35.1 Å². The summed E-state index contributed by atoms with van der Waals surface area (Å²) in [4.78, 5) is 20.7. The number of piperidine rings is 1. The molecule has 0 saturated carbocycles. The molecule has 0 aliphatic carbocycles. The van der Waals surface area contributed by atoms with E-state index < -0.39 is 0 Å². The summed E-state index contributed by atoms with van der Waals surface area (Å²) in [5, 5.41) is 3.32. The van der Waals surface area contributed by atoms with Crippen LogP contribution in [-0.2, 0) is 0 Å². The van der Waals surface area contributed by atoms with Gasteiger partial charge in [0.25, 0.3) is 5.91 Å². The number of imidazole rings is 1. The van der Waals surface area contributed by atoms with Gasteiger partial charge >= 0.3 is 0 Å². The average Bonchev–Trinajstić information content (AvgIpc) is 2.78. The monoisotopic (exact) mass is 222 g/mol. The lowest BCUT2D eigenvalue weighted by Crippen LogP contribution is -2.27. The fourth-order valence-electron chi connectivity index (χ4n) is 1.99. The van der Waals surface area contributed by atoms with Crippen molar-refractivity contribution in [1.29, 1.82) is 0 Å². The standard InChI is InChI=1S/C11H18N4O/c1-15(2)11(16)9-7-13-10(14-9)8-3-5-12-6-4-8/h7-8,12H,3-6H2,1-2H3,(H,13,14). The second-order valence-corrected chi connectivity index (χ2v) is 4.41. The van der Waals surface area contributed by atoms with E-state index in [-0.39, 0.29) is 5.91 Å². The third-order valence-electron chi connectivity index (χ3n) is 2.96. The van der Waals surface area contributed by atoms with Gasteiger partial charge in [0, 0.05) is 20.0 Å². The molecule has 2 heterocycles. The van der Waals surface area contributed by atoms with Crippen molar-refractivity contribution in [1.82, 2.24) is 20.2 Å². The minimum atomic E-state index is -0.0207. The quantitative estimate of drug-likeness (QED) is 0.769. The fourth-order valence-corrected chi connectivity index (χ4v) is 1.99. The number of carbonyl (C=O) groups excluding carboxylic acids is 1. The van der Waals surface area contributed by atoms with Gasteiger partial charge < -0.3 is 15.2 Å². The van der Waals surface area contributed by atoms with Gasteiger partial charge in [-0.15, -0.1) is 0 Å². The molecular weight excluding hydrogens is 204 g/mol. The van der Waals surface area contributed by atoms with Crippen molar-refractivity contribution in [3.63, 3.8) is 0 Å². The van der Waals surface area contributed by atoms with Crippen LogP contribution in [0.5, 0.6) is 0 Å². The topological polar surface area (TPSA) is 61.0 Å². The lowest BCUT2D eigenvalue weighted by atomic mass is 9.98. The number of nitrogens with one attached hydrogen (secondary N) is 2. The highest BCUT2D eigenvalue weighted by atomic mass is 16.2. The summed E-state index contributed by atoms with van der Waals surface area (Å²) in [5.74, 6) is 1.39. The second-order valence-electron chi connectivity index (χ2n) is 4.41. The number of rotatable bonds is 2. The molecule has 2 N–H and O–H groups in total. The van der Waals surface area contributed by atoms with E-state index in [1.54, 1.807) is 25.2 Å². The van der Waals surface area contributed by atoms with Gasteiger partial charge in [-0.05, 0) is 25.9 Å². The van der Waals surface area contributed by atoms with Crippen LogP contribution in [0.2, 0.25) is 0 Å². The average molecular weight is 222 g/mol. The van der Waals surface area contributed by atoms with Crippen LogP contribution in [0.3, 0.4) is 0 Å². The van der Waals surface area contributed by atoms with Crippen molar-refractivity contribution in [2.45, 2.75) is 18.8 Å². The van der Waals surface area contributed by atoms with E-state index in [0.717, 1.165) is 31.8 Å². The minimum absolute atomic E-state index is 0.0207. The molecule has 1 aromatic rings. The zero-order valence-corrected chi connectivity index (χ0v) is 9.79. The molecule has 16 heavy (non-hydrogen) atoms. The summed E-state index contributed by atoms with van der Waals surface area (Å²) in [6, 6.07) is 0. The molecule has 0 atom stereocenters. The van der Waals surface area contributed by atoms with Crippen molar-refractivity contribution < 1.29 is 4.79 Å². The first kappa shape index (κ1) is 11.1. The van der Waals surface area contributed by atoms with E-state index in [1.165, 1.54) is 0 Å². The molecule has 0 aromatic carbocycles. The van der Waals surface area contributed by atoms with Crippen molar-refractivity contribution in [3.05, 3.63) is 17.7 Å². The highest BCUT2D eigenvalue weighted by Crippen LogP contribution is 2.22. The normalized spacial score (nSPS) is 17.4. The van der Waals surface area contributed by atoms with E-state index in [9.17, 15) is 4.79 Å². The number of aromatic nitrogens is 2. The van der Waals surface area contributed by atoms with Crippen LogP contribution in [0.15, 0.2) is 6.20 Å². The molecule has 1 aliphatic rings. The first-order valence-electron chi connectivity index (χ1n) is 5.65. The van der Waals surface area contributed by atoms with Crippen LogP contribution in [0, 0.1) is 0 Å². The van der Waals surface area contributed by atoms with E-state index in [4.69, 9.17) is 0 Å². The molecule has 2 rings (SSSR count). The van der Waals surface area contributed by atoms with Crippen molar-refractivity contribution in [2.24, 2.45) is 0 Å². The largest absolute Gasteiger partial charge is 0.343 e. The minimum Gasteiger partial charge on any atom is -0.343 e. The molecule has 1 saturated heterocycles. The molecule has 1 aliphatic heterocycles. The van der Waals surface area contributed by atoms with Crippen LogP contribution in [-0.4, -0.2) is 48.0 Å². The number of H-pyrrole nitrogens is 1. The van der Waals surface area contributed by atoms with Crippen LogP contribution < -0.4 is 5.32 Å². The Kier molecular flexibility index (Phi) is 3.24. The van der Waals surface area contributed by atoms with Gasteiger partial charge in [0.1, 0.15) is 11.5 Å². The Labute approximate surface area is 95.2 Å². The van der Waals surface area contributed by atoms with Crippen molar-refractivity contribution >= 4 is 5.91 Å². The molecule has 5 heteroatoms. The third-order valence-corrected chi connectivity index (χ3v) is 2.96. The highest BCUT2D eigenvalue weighted by molar-refractivity contribution is 5.91. The zero-order chi connectivity index (χ0) is 11.5. The summed E-state index contributed by atoms with van der Waals surface area (Å²) in [7, 11) is 3.49. The fraction of sp³-hybridized carbons (Fsp3) is 0.636. The molecule has 88 valence electrons. The number of hydrogen-bond acceptors (Lipinski definition) is 3. The van der Waals surface area contributed by atoms with Crippen molar-refractivity contribution in [2.75, 3.05) is 27.2 Å². The molecule has 1 fully saturated rings. The Morgan fingerprint density at radius 2 is 2.12 bits per heavy atom. The second kappa shape index (κ2) is 4.65. The molecule has 0 unspecified atom stereocenters. The summed E-state index contributed by atoms with van der Waals surface area (Å²) in [6.45, 7) is 2.06. The maximum absolute atomic E-state index is 11.7. The molecular formula is C11H18N4O. The number of amides is 1. The number of nitrogens with zero attached hydrogens (tertiary/aromatic N) is 2. The Bertz CT molecular complexity index is 366. The van der Waals surface area contributed by atoms with Crippen LogP contribution >= 0.6 is 0 Å². The Hall–Kier alpha value is -1.36. The summed E-state index contributed by atoms with van der Waals surface area (Å²) < 4.78 is 0. The number of hydrogen-bond donors (Lipinski definition) is 2. The Morgan fingerprint density at radius 1 is 1.44 bits per heavy atom. The maximum Gasteiger partial charge on any atom is 0.271 e. The van der Waals surface area contributed by atoms with E-state index in [2.05, 4.69) is 15.3 Å². The SMILES string of the molecule is CN(C)C(=O)c1cnc(C2CCNCC2)[nH]1.